The van der Waals surface area contributed by atoms with Crippen LogP contribution < -0.4 is 5.73 Å². The van der Waals surface area contributed by atoms with Gasteiger partial charge in [0, 0.05) is 11.4 Å². The fourth-order valence-corrected chi connectivity index (χ4v) is 2.80. The molecule has 21 heavy (non-hydrogen) atoms. The van der Waals surface area contributed by atoms with Crippen LogP contribution in [0.2, 0.25) is 5.02 Å². The fraction of sp³-hybridized carbons (Fsp3) is 0.235. The molecule has 0 spiro atoms. The number of nitrogens with two attached hydrogens (primary N) is 1. The van der Waals surface area contributed by atoms with Gasteiger partial charge < -0.3 is 10.3 Å². The van der Waals surface area contributed by atoms with Crippen LogP contribution in [-0.4, -0.2) is 9.55 Å². The van der Waals surface area contributed by atoms with Crippen molar-refractivity contribution >= 4 is 28.3 Å². The van der Waals surface area contributed by atoms with Crippen LogP contribution in [0.4, 0.5) is 5.69 Å². The Balaban J connectivity index is 2.13. The van der Waals surface area contributed by atoms with Crippen LogP contribution in [0.5, 0.6) is 0 Å². The number of nitrogen functional groups attached to an aromatic ring is 1. The van der Waals surface area contributed by atoms with E-state index < -0.39 is 0 Å². The first kappa shape index (κ1) is 14.0. The summed E-state index contributed by atoms with van der Waals surface area (Å²) in [5, 5.41) is 0.783. The number of aryl methyl sites for hydroxylation is 1. The van der Waals surface area contributed by atoms with Gasteiger partial charge in [-0.25, -0.2) is 4.98 Å². The molecule has 3 nitrogen and oxygen atoms in total. The number of para-hydroxylation sites is 1. The van der Waals surface area contributed by atoms with Crippen molar-refractivity contribution in [2.75, 3.05) is 5.73 Å². The fourth-order valence-electron chi connectivity index (χ4n) is 2.60. The van der Waals surface area contributed by atoms with E-state index in [1.807, 2.05) is 30.3 Å². The lowest BCUT2D eigenvalue weighted by Crippen LogP contribution is -2.05. The Morgan fingerprint density at radius 3 is 2.71 bits per heavy atom. The SMILES string of the molecule is CCCc1nc2c(N)cccc2n1Cc1ccccc1Cl. The van der Waals surface area contributed by atoms with Crippen LogP contribution in [0.25, 0.3) is 11.0 Å². The second-order valence-corrected chi connectivity index (χ2v) is 5.58. The summed E-state index contributed by atoms with van der Waals surface area (Å²) in [6.07, 6.45) is 1.98. The summed E-state index contributed by atoms with van der Waals surface area (Å²) in [7, 11) is 0. The second-order valence-electron chi connectivity index (χ2n) is 5.17. The van der Waals surface area contributed by atoms with Crippen molar-refractivity contribution in [3.63, 3.8) is 0 Å². The van der Waals surface area contributed by atoms with Crippen LogP contribution in [0.1, 0.15) is 24.7 Å². The highest BCUT2D eigenvalue weighted by Gasteiger charge is 2.13. The Morgan fingerprint density at radius 1 is 1.14 bits per heavy atom. The summed E-state index contributed by atoms with van der Waals surface area (Å²) in [6.45, 7) is 2.87. The van der Waals surface area contributed by atoms with Crippen molar-refractivity contribution in [3.05, 3.63) is 58.9 Å². The number of halogens is 1. The molecule has 1 aromatic heterocycles. The molecule has 0 saturated heterocycles. The van der Waals surface area contributed by atoms with E-state index in [-0.39, 0.29) is 0 Å². The van der Waals surface area contributed by atoms with Gasteiger partial charge >= 0.3 is 0 Å². The summed E-state index contributed by atoms with van der Waals surface area (Å²) in [4.78, 5) is 4.72. The molecule has 108 valence electrons. The maximum absolute atomic E-state index is 6.29. The molecule has 2 aromatic carbocycles. The maximum atomic E-state index is 6.29. The first-order chi connectivity index (χ1) is 10.2. The maximum Gasteiger partial charge on any atom is 0.112 e. The van der Waals surface area contributed by atoms with E-state index in [9.17, 15) is 0 Å². The number of aromatic nitrogens is 2. The van der Waals surface area contributed by atoms with Gasteiger partial charge in [-0.1, -0.05) is 42.8 Å². The molecule has 0 aliphatic rings. The van der Waals surface area contributed by atoms with Crippen molar-refractivity contribution in [2.45, 2.75) is 26.3 Å². The minimum Gasteiger partial charge on any atom is -0.397 e. The third-order valence-corrected chi connectivity index (χ3v) is 4.02. The van der Waals surface area contributed by atoms with Gasteiger partial charge in [-0.2, -0.15) is 0 Å². The highest BCUT2D eigenvalue weighted by Crippen LogP contribution is 2.25. The molecular formula is C17H18ClN3. The number of imidazole rings is 1. The molecule has 0 aliphatic carbocycles. The molecule has 0 saturated carbocycles. The summed E-state index contributed by atoms with van der Waals surface area (Å²) < 4.78 is 2.22. The Labute approximate surface area is 129 Å². The lowest BCUT2D eigenvalue weighted by Gasteiger charge is -2.10. The predicted molar refractivity (Wildman–Crippen MR) is 88.7 cm³/mol. The van der Waals surface area contributed by atoms with Crippen LogP contribution in [0.15, 0.2) is 42.5 Å². The monoisotopic (exact) mass is 299 g/mol. The minimum atomic E-state index is 0.717. The number of fused-ring (bicyclic) bond motifs is 1. The molecule has 0 bridgehead atoms. The largest absolute Gasteiger partial charge is 0.397 e. The lowest BCUT2D eigenvalue weighted by molar-refractivity contribution is 0.722. The van der Waals surface area contributed by atoms with E-state index in [1.165, 1.54) is 0 Å². The van der Waals surface area contributed by atoms with Crippen LogP contribution in [-0.2, 0) is 13.0 Å². The molecule has 0 amide bonds. The molecule has 3 rings (SSSR count). The molecule has 0 fully saturated rings. The predicted octanol–water partition coefficient (Wildman–Crippen LogP) is 4.27. The first-order valence-electron chi connectivity index (χ1n) is 7.17. The number of hydrogen-bond donors (Lipinski definition) is 1. The van der Waals surface area contributed by atoms with Crippen molar-refractivity contribution in [3.8, 4) is 0 Å². The molecule has 0 aliphatic heterocycles. The van der Waals surface area contributed by atoms with E-state index in [4.69, 9.17) is 22.3 Å². The highest BCUT2D eigenvalue weighted by atomic mass is 35.5. The number of nitrogens with zero attached hydrogens (tertiary/aromatic N) is 2. The van der Waals surface area contributed by atoms with E-state index in [0.29, 0.717) is 0 Å². The van der Waals surface area contributed by atoms with Crippen LogP contribution >= 0.6 is 11.6 Å². The van der Waals surface area contributed by atoms with E-state index >= 15 is 0 Å². The van der Waals surface area contributed by atoms with Crippen LogP contribution in [0.3, 0.4) is 0 Å². The van der Waals surface area contributed by atoms with Gasteiger partial charge in [0.2, 0.25) is 0 Å². The molecule has 0 unspecified atom stereocenters. The lowest BCUT2D eigenvalue weighted by atomic mass is 10.2. The second kappa shape index (κ2) is 5.78. The molecular weight excluding hydrogens is 282 g/mol. The van der Waals surface area contributed by atoms with Gasteiger partial charge in [-0.15, -0.1) is 0 Å². The third kappa shape index (κ3) is 2.61. The topological polar surface area (TPSA) is 43.8 Å². The Kier molecular flexibility index (Phi) is 3.84. The van der Waals surface area contributed by atoms with Gasteiger partial charge in [0.25, 0.3) is 0 Å². The van der Waals surface area contributed by atoms with Crippen molar-refractivity contribution in [2.24, 2.45) is 0 Å². The van der Waals surface area contributed by atoms with Gasteiger partial charge in [0.05, 0.1) is 17.7 Å². The highest BCUT2D eigenvalue weighted by molar-refractivity contribution is 6.31. The Bertz CT molecular complexity index is 777. The minimum absolute atomic E-state index is 0.717. The zero-order valence-corrected chi connectivity index (χ0v) is 12.8. The van der Waals surface area contributed by atoms with Crippen molar-refractivity contribution in [1.82, 2.24) is 9.55 Å². The van der Waals surface area contributed by atoms with E-state index in [1.54, 1.807) is 0 Å². The smallest absolute Gasteiger partial charge is 0.112 e. The van der Waals surface area contributed by atoms with Crippen molar-refractivity contribution in [1.29, 1.82) is 0 Å². The Morgan fingerprint density at radius 2 is 1.95 bits per heavy atom. The van der Waals surface area contributed by atoms with E-state index in [0.717, 1.165) is 52.5 Å². The summed E-state index contributed by atoms with van der Waals surface area (Å²) >= 11 is 6.29. The standard InChI is InChI=1S/C17H18ClN3/c1-2-6-16-20-17-14(19)9-5-10-15(17)21(16)11-12-7-3-4-8-13(12)18/h3-5,7-10H,2,6,11,19H2,1H3. The zero-order chi connectivity index (χ0) is 14.8. The number of hydrogen-bond acceptors (Lipinski definition) is 2. The molecule has 0 radical (unpaired) electrons. The van der Waals surface area contributed by atoms with E-state index in [2.05, 4.69) is 23.6 Å². The van der Waals surface area contributed by atoms with Crippen LogP contribution in [0, 0.1) is 0 Å². The quantitative estimate of drug-likeness (QED) is 0.731. The Hall–Kier alpha value is -2.00. The third-order valence-electron chi connectivity index (χ3n) is 3.65. The number of rotatable bonds is 4. The molecule has 3 aromatic rings. The first-order valence-corrected chi connectivity index (χ1v) is 7.55. The average molecular weight is 300 g/mol. The van der Waals surface area contributed by atoms with Gasteiger partial charge in [0.15, 0.2) is 0 Å². The average Bonchev–Trinajstić information content (AvgIpc) is 2.82. The molecule has 0 atom stereocenters. The summed E-state index contributed by atoms with van der Waals surface area (Å²) in [5.41, 5.74) is 9.83. The number of anilines is 1. The summed E-state index contributed by atoms with van der Waals surface area (Å²) in [6, 6.07) is 13.9. The molecule has 4 heteroatoms. The molecule has 1 heterocycles. The number of benzene rings is 2. The van der Waals surface area contributed by atoms with Gasteiger partial charge in [-0.05, 0) is 30.2 Å². The molecule has 2 N–H and O–H groups in total. The van der Waals surface area contributed by atoms with Gasteiger partial charge in [-0.3, -0.25) is 0 Å². The normalized spacial score (nSPS) is 11.1. The summed E-state index contributed by atoms with van der Waals surface area (Å²) in [5.74, 6) is 1.06. The van der Waals surface area contributed by atoms with Gasteiger partial charge in [0.1, 0.15) is 11.3 Å². The van der Waals surface area contributed by atoms with Crippen molar-refractivity contribution < 1.29 is 0 Å². The zero-order valence-electron chi connectivity index (χ0n) is 12.0.